The summed E-state index contributed by atoms with van der Waals surface area (Å²) in [5, 5.41) is 0. The summed E-state index contributed by atoms with van der Waals surface area (Å²) in [4.78, 5) is 26.7. The monoisotopic (exact) mass is 377 g/mol. The molecular weight excluding hydrogens is 354 g/mol. The molecule has 0 saturated carbocycles. The molecule has 0 bridgehead atoms. The highest BCUT2D eigenvalue weighted by atomic mass is 16.6. The number of ether oxygens (including phenoxy) is 2. The predicted octanol–water partition coefficient (Wildman–Crippen LogP) is 3.61. The summed E-state index contributed by atoms with van der Waals surface area (Å²) in [7, 11) is 0. The van der Waals surface area contributed by atoms with Crippen molar-refractivity contribution in [3.8, 4) is 11.1 Å². The zero-order valence-corrected chi connectivity index (χ0v) is 15.8. The zero-order chi connectivity index (χ0) is 19.3. The molecule has 1 aliphatic carbocycles. The van der Waals surface area contributed by atoms with Gasteiger partial charge in [0.25, 0.3) is 0 Å². The first-order chi connectivity index (χ1) is 13.7. The van der Waals surface area contributed by atoms with E-state index in [0.29, 0.717) is 6.54 Å². The number of ketones is 1. The SMILES string of the molecule is CC[C@@H]1CN(C(=O)OCC2c3ccccc3-c3ccccc32)[C@H]2C(=O)CO[C@H]12. The summed E-state index contributed by atoms with van der Waals surface area (Å²) >= 11 is 0. The minimum Gasteiger partial charge on any atom is -0.448 e. The van der Waals surface area contributed by atoms with Crippen LogP contribution in [0.1, 0.15) is 30.4 Å². The summed E-state index contributed by atoms with van der Waals surface area (Å²) < 4.78 is 11.4. The van der Waals surface area contributed by atoms with E-state index in [1.165, 1.54) is 22.3 Å². The molecule has 2 heterocycles. The van der Waals surface area contributed by atoms with E-state index in [4.69, 9.17) is 9.47 Å². The van der Waals surface area contributed by atoms with Gasteiger partial charge in [-0.15, -0.1) is 0 Å². The lowest BCUT2D eigenvalue weighted by molar-refractivity contribution is -0.121. The molecule has 3 atom stereocenters. The number of Topliss-reactive ketones (excluding diaryl/α,β-unsaturated/α-hetero) is 1. The maximum atomic E-state index is 12.9. The van der Waals surface area contributed by atoms with Gasteiger partial charge in [0.15, 0.2) is 5.78 Å². The average Bonchev–Trinajstić information content (AvgIpc) is 3.38. The molecular formula is C23H23NO4. The quantitative estimate of drug-likeness (QED) is 0.820. The lowest BCUT2D eigenvalue weighted by Gasteiger charge is -2.22. The first kappa shape index (κ1) is 17.4. The molecule has 0 N–H and O–H groups in total. The van der Waals surface area contributed by atoms with Crippen LogP contribution in [0.4, 0.5) is 4.79 Å². The molecule has 0 unspecified atom stereocenters. The van der Waals surface area contributed by atoms with Crippen molar-refractivity contribution in [2.45, 2.75) is 31.4 Å². The highest BCUT2D eigenvalue weighted by Crippen LogP contribution is 2.44. The van der Waals surface area contributed by atoms with Gasteiger partial charge in [-0.2, -0.15) is 0 Å². The lowest BCUT2D eigenvalue weighted by atomic mass is 9.98. The Morgan fingerprint density at radius 3 is 2.39 bits per heavy atom. The number of rotatable bonds is 3. The van der Waals surface area contributed by atoms with E-state index in [9.17, 15) is 9.59 Å². The molecule has 28 heavy (non-hydrogen) atoms. The molecule has 0 spiro atoms. The topological polar surface area (TPSA) is 55.8 Å². The lowest BCUT2D eigenvalue weighted by Crippen LogP contribution is -2.42. The fraction of sp³-hybridized carbons (Fsp3) is 0.391. The van der Waals surface area contributed by atoms with Crippen LogP contribution in [-0.2, 0) is 14.3 Å². The first-order valence-electron chi connectivity index (χ1n) is 9.95. The largest absolute Gasteiger partial charge is 0.448 e. The minimum atomic E-state index is -0.486. The van der Waals surface area contributed by atoms with Crippen LogP contribution in [0.25, 0.3) is 11.1 Å². The second-order valence-electron chi connectivity index (χ2n) is 7.81. The Morgan fingerprint density at radius 1 is 1.11 bits per heavy atom. The van der Waals surface area contributed by atoms with Crippen molar-refractivity contribution in [1.29, 1.82) is 0 Å². The normalized spacial score (nSPS) is 25.5. The number of hydrogen-bond donors (Lipinski definition) is 0. The fourth-order valence-corrected chi connectivity index (χ4v) is 4.98. The van der Waals surface area contributed by atoms with Crippen LogP contribution in [0.2, 0.25) is 0 Å². The number of nitrogens with zero attached hydrogens (tertiary/aromatic N) is 1. The molecule has 5 nitrogen and oxygen atoms in total. The fourth-order valence-electron chi connectivity index (χ4n) is 4.98. The molecule has 2 aromatic carbocycles. The van der Waals surface area contributed by atoms with Crippen LogP contribution >= 0.6 is 0 Å². The van der Waals surface area contributed by atoms with Crippen LogP contribution in [0, 0.1) is 5.92 Å². The number of likely N-dealkylation sites (tertiary alicyclic amines) is 1. The highest BCUT2D eigenvalue weighted by molar-refractivity contribution is 5.91. The number of carbonyl (C=O) groups is 2. The van der Waals surface area contributed by atoms with Gasteiger partial charge in [0.1, 0.15) is 19.3 Å². The first-order valence-corrected chi connectivity index (χ1v) is 9.95. The molecule has 2 saturated heterocycles. The smallest absolute Gasteiger partial charge is 0.410 e. The van der Waals surface area contributed by atoms with Gasteiger partial charge in [-0.1, -0.05) is 55.5 Å². The number of hydrogen-bond acceptors (Lipinski definition) is 4. The van der Waals surface area contributed by atoms with Crippen molar-refractivity contribution in [2.75, 3.05) is 19.8 Å². The Hall–Kier alpha value is -2.66. The maximum absolute atomic E-state index is 12.9. The van der Waals surface area contributed by atoms with Gasteiger partial charge in [0, 0.05) is 18.4 Å². The number of benzene rings is 2. The van der Waals surface area contributed by atoms with Crippen LogP contribution < -0.4 is 0 Å². The van der Waals surface area contributed by atoms with Gasteiger partial charge < -0.3 is 9.47 Å². The molecule has 3 aliphatic rings. The maximum Gasteiger partial charge on any atom is 0.410 e. The van der Waals surface area contributed by atoms with Gasteiger partial charge in [-0.25, -0.2) is 4.79 Å². The van der Waals surface area contributed by atoms with Crippen molar-refractivity contribution >= 4 is 11.9 Å². The zero-order valence-electron chi connectivity index (χ0n) is 15.8. The third-order valence-electron chi connectivity index (χ3n) is 6.39. The van der Waals surface area contributed by atoms with Crippen molar-refractivity contribution in [1.82, 2.24) is 4.90 Å². The predicted molar refractivity (Wildman–Crippen MR) is 104 cm³/mol. The van der Waals surface area contributed by atoms with E-state index in [1.807, 2.05) is 24.3 Å². The molecule has 2 aliphatic heterocycles. The van der Waals surface area contributed by atoms with Gasteiger partial charge in [0.05, 0.1) is 6.10 Å². The van der Waals surface area contributed by atoms with Crippen LogP contribution in [-0.4, -0.2) is 48.7 Å². The summed E-state index contributed by atoms with van der Waals surface area (Å²) in [5.74, 6) is 0.193. The minimum absolute atomic E-state index is 0.0190. The average molecular weight is 377 g/mol. The Labute approximate surface area is 164 Å². The summed E-state index contributed by atoms with van der Waals surface area (Å²) in [6.45, 7) is 2.95. The summed E-state index contributed by atoms with van der Waals surface area (Å²) in [6.07, 6.45) is 0.284. The van der Waals surface area contributed by atoms with Crippen molar-refractivity contribution < 1.29 is 19.1 Å². The standard InChI is InChI=1S/C23H23NO4/c1-2-14-11-24(21-20(25)13-27-22(14)21)23(26)28-12-19-17-9-5-3-7-15(17)16-8-4-6-10-18(16)19/h3-10,14,19,21-22H,2,11-13H2,1H3/t14-,21+,22-/m1/s1. The molecule has 5 heteroatoms. The molecule has 2 fully saturated rings. The highest BCUT2D eigenvalue weighted by Gasteiger charge is 2.52. The molecule has 5 rings (SSSR count). The van der Waals surface area contributed by atoms with Gasteiger partial charge >= 0.3 is 6.09 Å². The second kappa shape index (κ2) is 6.74. The van der Waals surface area contributed by atoms with Gasteiger partial charge in [0.2, 0.25) is 0 Å². The van der Waals surface area contributed by atoms with E-state index in [1.54, 1.807) is 4.90 Å². The van der Waals surface area contributed by atoms with E-state index in [0.717, 1.165) is 6.42 Å². The van der Waals surface area contributed by atoms with Crippen molar-refractivity contribution in [3.63, 3.8) is 0 Å². The molecule has 1 amide bonds. The van der Waals surface area contributed by atoms with E-state index < -0.39 is 12.1 Å². The van der Waals surface area contributed by atoms with Gasteiger partial charge in [-0.3, -0.25) is 9.69 Å². The Balaban J connectivity index is 1.35. The molecule has 0 radical (unpaired) electrons. The molecule has 2 aromatic rings. The van der Waals surface area contributed by atoms with E-state index in [-0.39, 0.29) is 36.9 Å². The van der Waals surface area contributed by atoms with Crippen LogP contribution in [0.15, 0.2) is 48.5 Å². The molecule has 144 valence electrons. The van der Waals surface area contributed by atoms with E-state index in [2.05, 4.69) is 31.2 Å². The van der Waals surface area contributed by atoms with Crippen LogP contribution in [0.3, 0.4) is 0 Å². The number of carbonyl (C=O) groups excluding carboxylic acids is 2. The van der Waals surface area contributed by atoms with Crippen molar-refractivity contribution in [3.05, 3.63) is 59.7 Å². The van der Waals surface area contributed by atoms with Crippen LogP contribution in [0.5, 0.6) is 0 Å². The Kier molecular flexibility index (Phi) is 4.20. The number of amides is 1. The third kappa shape index (κ3) is 2.57. The second-order valence-corrected chi connectivity index (χ2v) is 7.81. The molecule has 0 aromatic heterocycles. The van der Waals surface area contributed by atoms with E-state index >= 15 is 0 Å². The summed E-state index contributed by atoms with van der Waals surface area (Å²) in [5.41, 5.74) is 4.77. The number of fused-ring (bicyclic) bond motifs is 4. The Morgan fingerprint density at radius 2 is 1.75 bits per heavy atom. The van der Waals surface area contributed by atoms with Gasteiger partial charge in [-0.05, 0) is 28.7 Å². The Bertz CT molecular complexity index is 894. The summed E-state index contributed by atoms with van der Waals surface area (Å²) in [6, 6.07) is 16.0. The van der Waals surface area contributed by atoms with Crippen molar-refractivity contribution in [2.24, 2.45) is 5.92 Å². The third-order valence-corrected chi connectivity index (χ3v) is 6.39.